The van der Waals surface area contributed by atoms with Crippen molar-refractivity contribution in [2.24, 2.45) is 51.8 Å². The third-order valence-electron chi connectivity index (χ3n) is 14.3. The molecule has 4 aliphatic carbocycles. The molecule has 3 saturated carbocycles. The Morgan fingerprint density at radius 2 is 1.62 bits per heavy atom. The number of unbranched alkanes of at least 4 members (excludes halogenated alkanes) is 1. The summed E-state index contributed by atoms with van der Waals surface area (Å²) in [5, 5.41) is 10.3. The summed E-state index contributed by atoms with van der Waals surface area (Å²) < 4.78 is 5.97. The number of rotatable bonds is 11. The van der Waals surface area contributed by atoms with Crippen LogP contribution in [0.25, 0.3) is 6.08 Å². The van der Waals surface area contributed by atoms with Crippen LogP contribution in [0.2, 0.25) is 0 Å². The summed E-state index contributed by atoms with van der Waals surface area (Å²) in [5.74, 6) is 5.58. The van der Waals surface area contributed by atoms with E-state index in [4.69, 9.17) is 21.1 Å². The van der Waals surface area contributed by atoms with Gasteiger partial charge in [-0.05, 0) is 141 Å². The zero-order valence-electron chi connectivity index (χ0n) is 31.9. The zero-order chi connectivity index (χ0) is 35.8. The quantitative estimate of drug-likeness (QED) is 0.0722. The summed E-state index contributed by atoms with van der Waals surface area (Å²) in [4.78, 5) is 5.28. The number of allylic oxidation sites excluding steroid dienone is 4. The summed E-state index contributed by atoms with van der Waals surface area (Å²) in [6.07, 6.45) is 21.7. The average molecular weight is 681 g/mol. The molecule has 2 aromatic rings. The van der Waals surface area contributed by atoms with Gasteiger partial charge in [0.1, 0.15) is 17.6 Å². The minimum atomic E-state index is -0.386. The Morgan fingerprint density at radius 1 is 0.900 bits per heavy atom. The third-order valence-corrected chi connectivity index (χ3v) is 14.3. The number of anilines is 2. The van der Waals surface area contributed by atoms with E-state index in [-0.39, 0.29) is 22.9 Å². The number of nitrogens with two attached hydrogens (primary N) is 2. The molecule has 5 heteroatoms. The molecule has 4 aliphatic rings. The maximum absolute atomic E-state index is 10.3. The van der Waals surface area contributed by atoms with Crippen molar-refractivity contribution in [1.29, 1.82) is 0 Å². The molecular weight excluding hydrogens is 617 g/mol. The molecule has 0 saturated heterocycles. The van der Waals surface area contributed by atoms with E-state index in [0.29, 0.717) is 28.3 Å². The van der Waals surface area contributed by atoms with Gasteiger partial charge in [0.05, 0.1) is 0 Å². The maximum atomic E-state index is 10.3. The number of ether oxygens (including phenoxy) is 1. The molecule has 6 rings (SSSR count). The van der Waals surface area contributed by atoms with Crippen LogP contribution in [0.1, 0.15) is 118 Å². The molecule has 0 aliphatic heterocycles. The summed E-state index contributed by atoms with van der Waals surface area (Å²) in [5.41, 5.74) is 17.7. The highest BCUT2D eigenvalue weighted by Crippen LogP contribution is 2.69. The zero-order valence-corrected chi connectivity index (χ0v) is 31.9. The van der Waals surface area contributed by atoms with Crippen LogP contribution < -0.4 is 16.2 Å². The van der Waals surface area contributed by atoms with Crippen LogP contribution in [-0.2, 0) is 4.89 Å². The monoisotopic (exact) mass is 680 g/mol. The molecule has 2 aromatic carbocycles. The molecule has 9 atom stereocenters. The van der Waals surface area contributed by atoms with Gasteiger partial charge < -0.3 is 16.2 Å². The SMILES string of the molecule is CC(C)=CCCCC(C)C1CCC2C3CC=C4C(C)(C)C(C(/C=C/c5ccc(Oc6cc(N)cc(N)c6)cc5)OO)CCC4(C)C3CCC12C. The highest BCUT2D eigenvalue weighted by molar-refractivity contribution is 5.58. The topological polar surface area (TPSA) is 90.7 Å². The fraction of sp³-hybridized carbons (Fsp3) is 0.600. The summed E-state index contributed by atoms with van der Waals surface area (Å²) in [6, 6.07) is 13.1. The first-order chi connectivity index (χ1) is 23.8. The van der Waals surface area contributed by atoms with Gasteiger partial charge >= 0.3 is 0 Å². The highest BCUT2D eigenvalue weighted by Gasteiger charge is 2.61. The van der Waals surface area contributed by atoms with Crippen LogP contribution in [0.5, 0.6) is 11.5 Å². The Balaban J connectivity index is 1.13. The highest BCUT2D eigenvalue weighted by atomic mass is 17.1. The van der Waals surface area contributed by atoms with Gasteiger partial charge in [0.15, 0.2) is 0 Å². The fourth-order valence-electron chi connectivity index (χ4n) is 11.9. The molecular formula is C45H64N2O3. The van der Waals surface area contributed by atoms with E-state index >= 15 is 0 Å². The van der Waals surface area contributed by atoms with Gasteiger partial charge in [0.2, 0.25) is 0 Å². The van der Waals surface area contributed by atoms with E-state index in [0.717, 1.165) is 48.0 Å². The van der Waals surface area contributed by atoms with Gasteiger partial charge in [0, 0.05) is 29.4 Å². The van der Waals surface area contributed by atoms with Crippen LogP contribution in [-0.4, -0.2) is 11.4 Å². The Bertz CT molecular complexity index is 1570. The van der Waals surface area contributed by atoms with Gasteiger partial charge in [-0.2, -0.15) is 0 Å². The largest absolute Gasteiger partial charge is 0.457 e. The number of fused-ring (bicyclic) bond motifs is 5. The Hall–Kier alpha value is -3.02. The lowest BCUT2D eigenvalue weighted by Gasteiger charge is -2.62. The second-order valence-corrected chi connectivity index (χ2v) is 17.9. The summed E-state index contributed by atoms with van der Waals surface area (Å²) in [6.45, 7) is 17.1. The Morgan fingerprint density at radius 3 is 2.30 bits per heavy atom. The van der Waals surface area contributed by atoms with E-state index in [1.807, 2.05) is 30.3 Å². The molecule has 272 valence electrons. The fourth-order valence-corrected chi connectivity index (χ4v) is 11.9. The smallest absolute Gasteiger partial charge is 0.131 e. The molecule has 0 amide bonds. The lowest BCUT2D eigenvalue weighted by molar-refractivity contribution is -0.285. The minimum absolute atomic E-state index is 0.0778. The molecule has 3 fully saturated rings. The third kappa shape index (κ3) is 7.06. The van der Waals surface area contributed by atoms with E-state index in [1.54, 1.807) is 23.8 Å². The van der Waals surface area contributed by atoms with Gasteiger partial charge in [0.25, 0.3) is 0 Å². The molecule has 0 bridgehead atoms. The molecule has 0 spiro atoms. The van der Waals surface area contributed by atoms with Crippen molar-refractivity contribution in [3.63, 3.8) is 0 Å². The van der Waals surface area contributed by atoms with Crippen molar-refractivity contribution in [2.75, 3.05) is 11.5 Å². The Kier molecular flexibility index (Phi) is 10.7. The van der Waals surface area contributed by atoms with Crippen molar-refractivity contribution in [1.82, 2.24) is 0 Å². The predicted molar refractivity (Wildman–Crippen MR) is 209 cm³/mol. The van der Waals surface area contributed by atoms with Crippen LogP contribution in [0.4, 0.5) is 11.4 Å². The van der Waals surface area contributed by atoms with Crippen molar-refractivity contribution in [3.8, 4) is 11.5 Å². The number of hydrogen-bond acceptors (Lipinski definition) is 5. The summed E-state index contributed by atoms with van der Waals surface area (Å²) in [7, 11) is 0. The average Bonchev–Trinajstić information content (AvgIpc) is 3.41. The number of hydrogen-bond donors (Lipinski definition) is 3. The van der Waals surface area contributed by atoms with Crippen molar-refractivity contribution in [2.45, 2.75) is 119 Å². The lowest BCUT2D eigenvalue weighted by Crippen LogP contribution is -2.54. The van der Waals surface area contributed by atoms with Crippen LogP contribution in [0.15, 0.2) is 71.8 Å². The second-order valence-electron chi connectivity index (χ2n) is 17.9. The Labute approximate surface area is 302 Å². The predicted octanol–water partition coefficient (Wildman–Crippen LogP) is 12.1. The first-order valence-electron chi connectivity index (χ1n) is 19.5. The minimum Gasteiger partial charge on any atom is -0.457 e. The number of nitrogen functional groups attached to an aromatic ring is 2. The molecule has 0 radical (unpaired) electrons. The molecule has 5 N–H and O–H groups in total. The van der Waals surface area contributed by atoms with Gasteiger partial charge in [-0.3, -0.25) is 5.26 Å². The van der Waals surface area contributed by atoms with Crippen LogP contribution >= 0.6 is 0 Å². The van der Waals surface area contributed by atoms with Gasteiger partial charge in [-0.25, -0.2) is 4.89 Å². The molecule has 9 unspecified atom stereocenters. The molecule has 5 nitrogen and oxygen atoms in total. The van der Waals surface area contributed by atoms with Crippen molar-refractivity contribution >= 4 is 17.5 Å². The van der Waals surface area contributed by atoms with Crippen LogP contribution in [0, 0.1) is 51.8 Å². The standard InChI is InChI=1S/C45H64N2O3/c1-29(2)10-8-9-11-30(3)37-18-19-38-36-17-21-42-43(4,5)40(23-25-45(42,7)39(36)22-24-44(37,38)6)41(50-48)20-14-31-12-15-34(16-13-31)49-35-27-32(46)26-33(47)28-35/h10,12-16,20-21,26-28,30,36-41,48H,8-9,11,17-19,22-25,46-47H2,1-7H3/b20-14+. The van der Waals surface area contributed by atoms with Gasteiger partial charge in [-0.1, -0.05) is 88.6 Å². The van der Waals surface area contributed by atoms with E-state index in [1.165, 1.54) is 56.9 Å². The van der Waals surface area contributed by atoms with Gasteiger partial charge in [-0.15, -0.1) is 0 Å². The first-order valence-corrected chi connectivity index (χ1v) is 19.5. The van der Waals surface area contributed by atoms with Crippen molar-refractivity contribution < 1.29 is 14.9 Å². The van der Waals surface area contributed by atoms with E-state index < -0.39 is 0 Å². The number of benzene rings is 2. The maximum Gasteiger partial charge on any atom is 0.131 e. The van der Waals surface area contributed by atoms with E-state index in [9.17, 15) is 5.26 Å². The molecule has 0 heterocycles. The van der Waals surface area contributed by atoms with Crippen LogP contribution in [0.3, 0.4) is 0 Å². The lowest BCUT2D eigenvalue weighted by atomic mass is 9.43. The normalized spacial score (nSPS) is 32.7. The van der Waals surface area contributed by atoms with Crippen molar-refractivity contribution in [3.05, 3.63) is 77.4 Å². The second kappa shape index (κ2) is 14.5. The van der Waals surface area contributed by atoms with E-state index in [2.05, 4.69) is 66.7 Å². The molecule has 0 aromatic heterocycles. The molecule has 50 heavy (non-hydrogen) atoms. The summed E-state index contributed by atoms with van der Waals surface area (Å²) >= 11 is 0. The first kappa shape index (κ1) is 36.8.